The minimum absolute atomic E-state index is 0.0129. The summed E-state index contributed by atoms with van der Waals surface area (Å²) < 4.78 is 34.7. The molecule has 10 heteroatoms. The molecule has 0 unspecified atom stereocenters. The molecule has 2 aromatic rings. The number of para-hydroxylation sites is 1. The third-order valence-electron chi connectivity index (χ3n) is 5.82. The van der Waals surface area contributed by atoms with E-state index in [2.05, 4.69) is 28.9 Å². The summed E-state index contributed by atoms with van der Waals surface area (Å²) in [5.41, 5.74) is 2.01. The fraction of sp³-hybridized carbons (Fsp3) is 0.458. The summed E-state index contributed by atoms with van der Waals surface area (Å²) in [6.45, 7) is 3.74. The van der Waals surface area contributed by atoms with Gasteiger partial charge in [0.25, 0.3) is 0 Å². The molecule has 1 aromatic heterocycles. The Hall–Kier alpha value is -3.43. The smallest absolute Gasteiger partial charge is 0.388 e. The van der Waals surface area contributed by atoms with Gasteiger partial charge in [-0.05, 0) is 30.4 Å². The summed E-state index contributed by atoms with van der Waals surface area (Å²) in [4.78, 5) is 32.7. The highest BCUT2D eigenvalue weighted by atomic mass is 19.3. The molecule has 8 nitrogen and oxygen atoms in total. The van der Waals surface area contributed by atoms with Crippen LogP contribution in [0, 0.1) is 0 Å². The van der Waals surface area contributed by atoms with Crippen LogP contribution in [0.3, 0.4) is 0 Å². The second-order valence-corrected chi connectivity index (χ2v) is 8.35. The van der Waals surface area contributed by atoms with Crippen LogP contribution in [0.5, 0.6) is 11.6 Å². The second-order valence-electron chi connectivity index (χ2n) is 8.35. The number of nitrogens with one attached hydrogen (secondary N) is 1. The topological polar surface area (TPSA) is 84.0 Å². The van der Waals surface area contributed by atoms with E-state index >= 15 is 0 Å². The van der Waals surface area contributed by atoms with Gasteiger partial charge in [-0.1, -0.05) is 32.0 Å². The Morgan fingerprint density at radius 3 is 2.47 bits per heavy atom. The van der Waals surface area contributed by atoms with Crippen molar-refractivity contribution in [3.8, 4) is 11.6 Å². The average Bonchev–Trinajstić information content (AvgIpc) is 2.80. The number of likely N-dealkylation sites (tertiary alicyclic amines) is 1. The zero-order valence-electron chi connectivity index (χ0n) is 19.8. The molecule has 2 heterocycles. The molecule has 1 aromatic carbocycles. The van der Waals surface area contributed by atoms with Crippen molar-refractivity contribution in [3.05, 3.63) is 42.1 Å². The summed E-state index contributed by atoms with van der Waals surface area (Å²) in [5.74, 6) is 0.00990. The Balaban J connectivity index is 1.92. The molecule has 1 aliphatic rings. The average molecular weight is 477 g/mol. The van der Waals surface area contributed by atoms with Crippen molar-refractivity contribution in [2.24, 2.45) is 0 Å². The Labute approximate surface area is 197 Å². The SMILES string of the molecule is COc1cc(OC(F)F)ncc1NC(=O)N(c1ccccc1C(C)C)C1CCN(C(C)=O)CC1. The van der Waals surface area contributed by atoms with E-state index < -0.39 is 12.6 Å². The number of carbonyl (C=O) groups excluding carboxylic acids is 2. The molecular weight excluding hydrogens is 446 g/mol. The summed E-state index contributed by atoms with van der Waals surface area (Å²) in [7, 11) is 1.36. The minimum atomic E-state index is -3.03. The van der Waals surface area contributed by atoms with Gasteiger partial charge in [0, 0.05) is 37.8 Å². The van der Waals surface area contributed by atoms with Gasteiger partial charge in [-0.2, -0.15) is 8.78 Å². The number of pyridine rings is 1. The number of alkyl halides is 2. The number of nitrogens with zero attached hydrogens (tertiary/aromatic N) is 3. The largest absolute Gasteiger partial charge is 0.494 e. The molecule has 3 rings (SSSR count). The van der Waals surface area contributed by atoms with E-state index in [1.165, 1.54) is 19.4 Å². The monoisotopic (exact) mass is 476 g/mol. The Kier molecular flexibility index (Phi) is 8.25. The van der Waals surface area contributed by atoms with Gasteiger partial charge in [0.1, 0.15) is 11.4 Å². The van der Waals surface area contributed by atoms with E-state index in [-0.39, 0.29) is 35.2 Å². The lowest BCUT2D eigenvalue weighted by Crippen LogP contribution is -2.50. The van der Waals surface area contributed by atoms with Crippen molar-refractivity contribution >= 4 is 23.3 Å². The number of anilines is 2. The first kappa shape index (κ1) is 25.2. The van der Waals surface area contributed by atoms with Crippen LogP contribution in [0.15, 0.2) is 36.5 Å². The fourth-order valence-electron chi connectivity index (χ4n) is 4.12. The van der Waals surface area contributed by atoms with Gasteiger partial charge in [-0.3, -0.25) is 9.69 Å². The van der Waals surface area contributed by atoms with Crippen LogP contribution in [0.25, 0.3) is 0 Å². The highest BCUT2D eigenvalue weighted by Gasteiger charge is 2.32. The van der Waals surface area contributed by atoms with Crippen molar-refractivity contribution < 1.29 is 27.8 Å². The molecule has 3 amide bonds. The zero-order valence-corrected chi connectivity index (χ0v) is 19.8. The predicted octanol–water partition coefficient (Wildman–Crippen LogP) is 4.86. The Bertz CT molecular complexity index is 1010. The second kappa shape index (κ2) is 11.1. The number of benzene rings is 1. The van der Waals surface area contributed by atoms with E-state index in [1.54, 1.807) is 16.7 Å². The normalized spacial score (nSPS) is 14.3. The van der Waals surface area contributed by atoms with Gasteiger partial charge in [0.2, 0.25) is 11.8 Å². The molecule has 0 spiro atoms. The molecule has 0 radical (unpaired) electrons. The number of ether oxygens (including phenoxy) is 2. The quantitative estimate of drug-likeness (QED) is 0.617. The van der Waals surface area contributed by atoms with Gasteiger partial charge in [0.05, 0.1) is 13.3 Å². The van der Waals surface area contributed by atoms with E-state index in [4.69, 9.17) is 4.74 Å². The van der Waals surface area contributed by atoms with Gasteiger partial charge < -0.3 is 19.7 Å². The molecule has 0 bridgehead atoms. The van der Waals surface area contributed by atoms with Crippen LogP contribution in [0.1, 0.15) is 45.1 Å². The van der Waals surface area contributed by atoms with Crippen LogP contribution in [-0.2, 0) is 4.79 Å². The van der Waals surface area contributed by atoms with E-state index in [0.717, 1.165) is 11.3 Å². The summed E-state index contributed by atoms with van der Waals surface area (Å²) >= 11 is 0. The van der Waals surface area contributed by atoms with E-state index in [1.807, 2.05) is 24.3 Å². The molecule has 1 aliphatic heterocycles. The van der Waals surface area contributed by atoms with Gasteiger partial charge >= 0.3 is 12.6 Å². The standard InChI is InChI=1S/C24H30F2N4O4/c1-15(2)18-7-5-6-8-20(18)30(17-9-11-29(12-10-17)16(3)31)24(32)28-19-14-27-22(34-23(25)26)13-21(19)33-4/h5-8,13-15,17,23H,9-12H2,1-4H3,(H,28,32). The van der Waals surface area contributed by atoms with Crippen LogP contribution < -0.4 is 19.7 Å². The molecule has 0 aliphatic carbocycles. The number of halogens is 2. The lowest BCUT2D eigenvalue weighted by molar-refractivity contribution is -0.129. The maximum Gasteiger partial charge on any atom is 0.388 e. The van der Waals surface area contributed by atoms with Crippen molar-refractivity contribution in [2.75, 3.05) is 30.4 Å². The number of hydrogen-bond acceptors (Lipinski definition) is 5. The highest BCUT2D eigenvalue weighted by Crippen LogP contribution is 2.33. The van der Waals surface area contributed by atoms with Gasteiger partial charge in [-0.15, -0.1) is 0 Å². The number of methoxy groups -OCH3 is 1. The molecule has 1 N–H and O–H groups in total. The predicted molar refractivity (Wildman–Crippen MR) is 125 cm³/mol. The molecule has 0 saturated carbocycles. The van der Waals surface area contributed by atoms with Crippen LogP contribution in [-0.4, -0.2) is 54.7 Å². The number of urea groups is 1. The third-order valence-corrected chi connectivity index (χ3v) is 5.82. The lowest BCUT2D eigenvalue weighted by Gasteiger charge is -2.39. The van der Waals surface area contributed by atoms with Crippen molar-refractivity contribution in [1.29, 1.82) is 0 Å². The van der Waals surface area contributed by atoms with Crippen LogP contribution in [0.4, 0.5) is 25.0 Å². The number of hydrogen-bond donors (Lipinski definition) is 1. The number of carbonyl (C=O) groups is 2. The van der Waals surface area contributed by atoms with Crippen molar-refractivity contribution in [2.45, 2.75) is 52.2 Å². The lowest BCUT2D eigenvalue weighted by atomic mass is 9.97. The maximum absolute atomic E-state index is 13.6. The Morgan fingerprint density at radius 1 is 1.21 bits per heavy atom. The van der Waals surface area contributed by atoms with Crippen LogP contribution >= 0.6 is 0 Å². The summed E-state index contributed by atoms with van der Waals surface area (Å²) in [5, 5.41) is 2.81. The Morgan fingerprint density at radius 2 is 1.88 bits per heavy atom. The third kappa shape index (κ3) is 5.92. The highest BCUT2D eigenvalue weighted by molar-refractivity contribution is 6.03. The number of rotatable bonds is 7. The molecule has 1 saturated heterocycles. The zero-order chi connectivity index (χ0) is 24.8. The first-order valence-electron chi connectivity index (χ1n) is 11.1. The maximum atomic E-state index is 13.6. The first-order chi connectivity index (χ1) is 16.2. The van der Waals surface area contributed by atoms with Gasteiger partial charge in [-0.25, -0.2) is 9.78 Å². The summed E-state index contributed by atoms with van der Waals surface area (Å²) in [6, 6.07) is 8.35. The summed E-state index contributed by atoms with van der Waals surface area (Å²) in [6.07, 6.45) is 2.46. The number of aromatic nitrogens is 1. The minimum Gasteiger partial charge on any atom is -0.494 e. The van der Waals surface area contributed by atoms with E-state index in [0.29, 0.717) is 25.9 Å². The molecule has 0 atom stereocenters. The molecule has 1 fully saturated rings. The molecule has 184 valence electrons. The van der Waals surface area contributed by atoms with E-state index in [9.17, 15) is 18.4 Å². The van der Waals surface area contributed by atoms with Crippen LogP contribution in [0.2, 0.25) is 0 Å². The molecular formula is C24H30F2N4O4. The van der Waals surface area contributed by atoms with Crippen molar-refractivity contribution in [1.82, 2.24) is 9.88 Å². The number of amides is 3. The molecule has 34 heavy (non-hydrogen) atoms. The first-order valence-corrected chi connectivity index (χ1v) is 11.1. The van der Waals surface area contributed by atoms with Crippen molar-refractivity contribution in [3.63, 3.8) is 0 Å². The van der Waals surface area contributed by atoms with Gasteiger partial charge in [0.15, 0.2) is 0 Å². The number of piperidine rings is 1. The fourth-order valence-corrected chi connectivity index (χ4v) is 4.12.